The van der Waals surface area contributed by atoms with Gasteiger partial charge >= 0.3 is 0 Å². The summed E-state index contributed by atoms with van der Waals surface area (Å²) in [5.41, 5.74) is 1.65. The van der Waals surface area contributed by atoms with Crippen LogP contribution in [0.3, 0.4) is 0 Å². The molecule has 0 aliphatic carbocycles. The van der Waals surface area contributed by atoms with Crippen molar-refractivity contribution in [1.82, 2.24) is 4.98 Å². The summed E-state index contributed by atoms with van der Waals surface area (Å²) in [6.07, 6.45) is 3.46. The molecule has 23 heavy (non-hydrogen) atoms. The minimum Gasteiger partial charge on any atom is -0.484 e. The second kappa shape index (κ2) is 6.67. The fraction of sp³-hybridized carbons (Fsp3) is 0.111. The summed E-state index contributed by atoms with van der Waals surface area (Å²) in [5, 5.41) is 5.45. The monoisotopic (exact) mass is 326 g/mol. The number of hydrogen-bond donors (Lipinski definition) is 1. The number of hydrogen-bond acceptors (Lipinski definition) is 3. The second-order valence-corrected chi connectivity index (χ2v) is 5.56. The van der Waals surface area contributed by atoms with Crippen LogP contribution in [-0.2, 0) is 4.79 Å². The number of anilines is 1. The molecule has 0 saturated carbocycles. The summed E-state index contributed by atoms with van der Waals surface area (Å²) in [4.78, 5) is 16.2. The summed E-state index contributed by atoms with van der Waals surface area (Å²) in [6, 6.07) is 12.8. The largest absolute Gasteiger partial charge is 0.484 e. The number of rotatable bonds is 4. The molecule has 4 nitrogen and oxygen atoms in total. The number of nitrogens with zero attached hydrogens (tertiary/aromatic N) is 1. The Labute approximate surface area is 139 Å². The molecule has 1 aromatic heterocycles. The molecule has 1 amide bonds. The van der Waals surface area contributed by atoms with E-state index in [1.807, 2.05) is 31.2 Å². The van der Waals surface area contributed by atoms with E-state index in [2.05, 4.69) is 10.3 Å². The van der Waals surface area contributed by atoms with E-state index in [0.29, 0.717) is 10.8 Å². The number of aryl methyl sites for hydroxylation is 1. The molecular formula is C18H15ClN2O2. The molecule has 0 atom stereocenters. The van der Waals surface area contributed by atoms with Crippen LogP contribution in [0, 0.1) is 6.92 Å². The number of carbonyl (C=O) groups excluding carboxylic acids is 1. The minimum absolute atomic E-state index is 0.0669. The molecule has 2 aromatic carbocycles. The normalized spacial score (nSPS) is 10.5. The number of carbonyl (C=O) groups is 1. The maximum atomic E-state index is 12.1. The van der Waals surface area contributed by atoms with Gasteiger partial charge in [0.05, 0.1) is 0 Å². The van der Waals surface area contributed by atoms with Crippen LogP contribution in [0.2, 0.25) is 5.02 Å². The Morgan fingerprint density at radius 3 is 2.96 bits per heavy atom. The van der Waals surface area contributed by atoms with E-state index in [1.54, 1.807) is 30.6 Å². The molecular weight excluding hydrogens is 312 g/mol. The van der Waals surface area contributed by atoms with Crippen molar-refractivity contribution >= 4 is 34.0 Å². The van der Waals surface area contributed by atoms with Crippen LogP contribution in [0.4, 0.5) is 5.69 Å². The third-order valence-corrected chi connectivity index (χ3v) is 3.88. The lowest BCUT2D eigenvalue weighted by Crippen LogP contribution is -2.20. The van der Waals surface area contributed by atoms with Gasteiger partial charge in [0.1, 0.15) is 5.75 Å². The predicted molar refractivity (Wildman–Crippen MR) is 92.1 cm³/mol. The Hall–Kier alpha value is -2.59. The van der Waals surface area contributed by atoms with E-state index >= 15 is 0 Å². The molecule has 0 saturated heterocycles. The first-order chi connectivity index (χ1) is 11.1. The lowest BCUT2D eigenvalue weighted by atomic mass is 10.1. The van der Waals surface area contributed by atoms with Crippen molar-refractivity contribution in [2.45, 2.75) is 6.92 Å². The highest BCUT2D eigenvalue weighted by atomic mass is 35.5. The average Bonchev–Trinajstić information content (AvgIpc) is 2.56. The zero-order valence-electron chi connectivity index (χ0n) is 12.5. The third-order valence-electron chi connectivity index (χ3n) is 3.45. The molecule has 0 radical (unpaired) electrons. The fourth-order valence-corrected chi connectivity index (χ4v) is 2.39. The molecule has 5 heteroatoms. The Morgan fingerprint density at radius 2 is 2.13 bits per heavy atom. The summed E-state index contributed by atoms with van der Waals surface area (Å²) in [5.74, 6) is 0.395. The number of halogens is 1. The van der Waals surface area contributed by atoms with Gasteiger partial charge in [-0.05, 0) is 42.8 Å². The van der Waals surface area contributed by atoms with Gasteiger partial charge in [0, 0.05) is 33.9 Å². The van der Waals surface area contributed by atoms with Crippen LogP contribution < -0.4 is 10.1 Å². The van der Waals surface area contributed by atoms with E-state index in [9.17, 15) is 4.79 Å². The third kappa shape index (κ3) is 3.60. The van der Waals surface area contributed by atoms with E-state index in [-0.39, 0.29) is 12.5 Å². The zero-order chi connectivity index (χ0) is 16.2. The first-order valence-electron chi connectivity index (χ1n) is 7.15. The molecule has 3 rings (SSSR count). The number of pyridine rings is 1. The van der Waals surface area contributed by atoms with E-state index in [4.69, 9.17) is 16.3 Å². The molecule has 3 aromatic rings. The maximum absolute atomic E-state index is 12.1. The summed E-state index contributed by atoms with van der Waals surface area (Å²) < 4.78 is 5.50. The fourth-order valence-electron chi connectivity index (χ4n) is 2.27. The van der Waals surface area contributed by atoms with E-state index in [0.717, 1.165) is 22.0 Å². The summed E-state index contributed by atoms with van der Waals surface area (Å²) >= 11 is 5.97. The van der Waals surface area contributed by atoms with Crippen molar-refractivity contribution in [2.24, 2.45) is 0 Å². The molecule has 0 spiro atoms. The van der Waals surface area contributed by atoms with E-state index < -0.39 is 0 Å². The van der Waals surface area contributed by atoms with Gasteiger partial charge < -0.3 is 10.1 Å². The van der Waals surface area contributed by atoms with Crippen LogP contribution in [0.5, 0.6) is 5.75 Å². The highest BCUT2D eigenvalue weighted by Crippen LogP contribution is 2.23. The number of amides is 1. The topological polar surface area (TPSA) is 51.2 Å². The van der Waals surface area contributed by atoms with Gasteiger partial charge in [-0.2, -0.15) is 0 Å². The van der Waals surface area contributed by atoms with Gasteiger partial charge in [0.25, 0.3) is 5.91 Å². The maximum Gasteiger partial charge on any atom is 0.262 e. The van der Waals surface area contributed by atoms with Crippen LogP contribution in [0.25, 0.3) is 10.8 Å². The molecule has 0 fully saturated rings. The molecule has 0 aliphatic rings. The quantitative estimate of drug-likeness (QED) is 0.781. The Balaban J connectivity index is 1.68. The van der Waals surface area contributed by atoms with Crippen LogP contribution in [0.15, 0.2) is 54.9 Å². The lowest BCUT2D eigenvalue weighted by Gasteiger charge is -2.10. The average molecular weight is 327 g/mol. The van der Waals surface area contributed by atoms with Gasteiger partial charge in [-0.15, -0.1) is 0 Å². The summed E-state index contributed by atoms with van der Waals surface area (Å²) in [7, 11) is 0. The Morgan fingerprint density at radius 1 is 1.26 bits per heavy atom. The van der Waals surface area contributed by atoms with Gasteiger partial charge in [-0.3, -0.25) is 9.78 Å². The van der Waals surface area contributed by atoms with Crippen LogP contribution in [0.1, 0.15) is 5.56 Å². The number of fused-ring (bicyclic) bond motifs is 1. The van der Waals surface area contributed by atoms with Crippen molar-refractivity contribution in [3.8, 4) is 5.75 Å². The second-order valence-electron chi connectivity index (χ2n) is 5.15. The van der Waals surface area contributed by atoms with Crippen molar-refractivity contribution in [3.63, 3.8) is 0 Å². The highest BCUT2D eigenvalue weighted by Gasteiger charge is 2.07. The number of ether oxygens (including phenoxy) is 1. The Bertz CT molecular complexity index is 859. The van der Waals surface area contributed by atoms with Gasteiger partial charge in [0.2, 0.25) is 0 Å². The van der Waals surface area contributed by atoms with Gasteiger partial charge in [-0.1, -0.05) is 23.7 Å². The van der Waals surface area contributed by atoms with Gasteiger partial charge in [0.15, 0.2) is 6.61 Å². The molecule has 116 valence electrons. The van der Waals surface area contributed by atoms with Crippen LogP contribution >= 0.6 is 11.6 Å². The van der Waals surface area contributed by atoms with Crippen molar-refractivity contribution in [3.05, 3.63) is 65.4 Å². The first-order valence-corrected chi connectivity index (χ1v) is 7.53. The number of benzene rings is 2. The van der Waals surface area contributed by atoms with Crippen molar-refractivity contribution in [1.29, 1.82) is 0 Å². The minimum atomic E-state index is -0.220. The lowest BCUT2D eigenvalue weighted by molar-refractivity contribution is -0.118. The van der Waals surface area contributed by atoms with Crippen molar-refractivity contribution < 1.29 is 9.53 Å². The Kier molecular flexibility index (Phi) is 4.44. The van der Waals surface area contributed by atoms with Crippen LogP contribution in [-0.4, -0.2) is 17.5 Å². The molecule has 1 N–H and O–H groups in total. The standard InChI is InChI=1S/C18H15ClN2O2/c1-12-9-14(5-6-16(12)19)23-11-18(22)21-17-4-2-3-13-10-20-8-7-15(13)17/h2-10H,11H2,1H3,(H,21,22). The zero-order valence-corrected chi connectivity index (χ0v) is 13.3. The molecule has 0 unspecified atom stereocenters. The van der Waals surface area contributed by atoms with E-state index in [1.165, 1.54) is 0 Å². The molecule has 0 bridgehead atoms. The van der Waals surface area contributed by atoms with Crippen molar-refractivity contribution in [2.75, 3.05) is 11.9 Å². The molecule has 0 aliphatic heterocycles. The number of aromatic nitrogens is 1. The SMILES string of the molecule is Cc1cc(OCC(=O)Nc2cccc3cnccc23)ccc1Cl. The summed E-state index contributed by atoms with van der Waals surface area (Å²) in [6.45, 7) is 1.82. The smallest absolute Gasteiger partial charge is 0.262 e. The van der Waals surface area contributed by atoms with Gasteiger partial charge in [-0.25, -0.2) is 0 Å². The number of nitrogens with one attached hydrogen (secondary N) is 1. The predicted octanol–water partition coefficient (Wildman–Crippen LogP) is 4.21. The molecule has 1 heterocycles. The highest BCUT2D eigenvalue weighted by molar-refractivity contribution is 6.31. The first kappa shape index (κ1) is 15.3.